The lowest BCUT2D eigenvalue weighted by Gasteiger charge is -2.33. The topological polar surface area (TPSA) is 49.4 Å². The van der Waals surface area contributed by atoms with Crippen molar-refractivity contribution in [2.24, 2.45) is 0 Å². The van der Waals surface area contributed by atoms with Crippen molar-refractivity contribution in [2.75, 3.05) is 5.75 Å². The van der Waals surface area contributed by atoms with Crippen LogP contribution in [0.2, 0.25) is 10.0 Å². The van der Waals surface area contributed by atoms with E-state index in [1.165, 1.54) is 6.42 Å². The number of hydrogen-bond acceptors (Lipinski definition) is 3. The fourth-order valence-corrected chi connectivity index (χ4v) is 5.82. The van der Waals surface area contributed by atoms with Crippen LogP contribution in [0.25, 0.3) is 0 Å². The number of halogens is 3. The molecular formula is C26H31BrCl2N2O2S. The Balaban J connectivity index is 1.72. The molecule has 1 fully saturated rings. The van der Waals surface area contributed by atoms with Gasteiger partial charge in [-0.05, 0) is 54.7 Å². The summed E-state index contributed by atoms with van der Waals surface area (Å²) in [4.78, 5) is 28.4. The number of thioether (sulfide) groups is 1. The van der Waals surface area contributed by atoms with E-state index in [-0.39, 0.29) is 30.2 Å². The van der Waals surface area contributed by atoms with Gasteiger partial charge in [0.1, 0.15) is 6.04 Å². The summed E-state index contributed by atoms with van der Waals surface area (Å²) in [5.74, 6) is 0.859. The van der Waals surface area contributed by atoms with Gasteiger partial charge in [0.15, 0.2) is 0 Å². The van der Waals surface area contributed by atoms with E-state index in [1.54, 1.807) is 28.8 Å². The Hall–Kier alpha value is -1.21. The Morgan fingerprint density at radius 1 is 1.12 bits per heavy atom. The molecule has 0 saturated heterocycles. The Bertz CT molecular complexity index is 968. The number of nitrogens with one attached hydrogen (secondary N) is 1. The smallest absolute Gasteiger partial charge is 0.243 e. The van der Waals surface area contributed by atoms with Crippen molar-refractivity contribution < 1.29 is 9.59 Å². The Kier molecular flexibility index (Phi) is 11.1. The van der Waals surface area contributed by atoms with Gasteiger partial charge in [-0.2, -0.15) is 0 Å². The summed E-state index contributed by atoms with van der Waals surface area (Å²) in [5, 5.41) is 4.24. The number of carbonyl (C=O) groups excluding carboxylic acids is 2. The summed E-state index contributed by atoms with van der Waals surface area (Å²) in [7, 11) is 0. The SMILES string of the molecule is CCC(C(=O)NC1CCCCC1)N(Cc1ccc(Cl)cc1Cl)C(=O)CSCc1ccc(Br)cc1. The molecule has 0 spiro atoms. The first-order valence-electron chi connectivity index (χ1n) is 11.7. The number of hydrogen-bond donors (Lipinski definition) is 1. The van der Waals surface area contributed by atoms with E-state index < -0.39 is 6.04 Å². The van der Waals surface area contributed by atoms with Gasteiger partial charge in [0.25, 0.3) is 0 Å². The summed E-state index contributed by atoms with van der Waals surface area (Å²) in [6.07, 6.45) is 6.03. The second-order valence-electron chi connectivity index (χ2n) is 8.64. The maximum Gasteiger partial charge on any atom is 0.243 e. The molecule has 184 valence electrons. The van der Waals surface area contributed by atoms with E-state index >= 15 is 0 Å². The van der Waals surface area contributed by atoms with E-state index in [1.807, 2.05) is 37.3 Å². The Morgan fingerprint density at radius 2 is 1.82 bits per heavy atom. The third-order valence-electron chi connectivity index (χ3n) is 6.10. The molecule has 1 unspecified atom stereocenters. The quantitative estimate of drug-likeness (QED) is 0.319. The lowest BCUT2D eigenvalue weighted by Crippen LogP contribution is -2.52. The Morgan fingerprint density at radius 3 is 2.47 bits per heavy atom. The first-order valence-corrected chi connectivity index (χ1v) is 14.4. The zero-order valence-corrected chi connectivity index (χ0v) is 23.3. The summed E-state index contributed by atoms with van der Waals surface area (Å²) in [5.41, 5.74) is 1.93. The van der Waals surface area contributed by atoms with E-state index in [4.69, 9.17) is 23.2 Å². The van der Waals surface area contributed by atoms with Crippen molar-refractivity contribution in [3.63, 3.8) is 0 Å². The van der Waals surface area contributed by atoms with Gasteiger partial charge in [0, 0.05) is 32.9 Å². The molecule has 1 aliphatic carbocycles. The fourth-order valence-electron chi connectivity index (χ4n) is 4.22. The molecular weight excluding hydrogens is 555 g/mol. The lowest BCUT2D eigenvalue weighted by atomic mass is 9.95. The minimum atomic E-state index is -0.547. The first kappa shape index (κ1) is 27.4. The largest absolute Gasteiger partial charge is 0.352 e. The first-order chi connectivity index (χ1) is 16.4. The van der Waals surface area contributed by atoms with Crippen LogP contribution in [0, 0.1) is 0 Å². The van der Waals surface area contributed by atoms with Gasteiger partial charge < -0.3 is 10.2 Å². The van der Waals surface area contributed by atoms with E-state index in [0.29, 0.717) is 16.5 Å². The predicted molar refractivity (Wildman–Crippen MR) is 146 cm³/mol. The van der Waals surface area contributed by atoms with Gasteiger partial charge in [0.2, 0.25) is 11.8 Å². The van der Waals surface area contributed by atoms with Gasteiger partial charge in [-0.15, -0.1) is 11.8 Å². The number of nitrogens with zero attached hydrogens (tertiary/aromatic N) is 1. The molecule has 2 amide bonds. The van der Waals surface area contributed by atoms with Crippen LogP contribution in [0.4, 0.5) is 0 Å². The number of benzene rings is 2. The predicted octanol–water partition coefficient (Wildman–Crippen LogP) is 7.25. The standard InChI is InChI=1S/C26H31BrCl2N2O2S/c1-2-24(26(33)30-22-6-4-3-5-7-22)31(15-19-10-13-21(28)14-23(19)29)25(32)17-34-16-18-8-11-20(27)12-9-18/h8-14,22,24H,2-7,15-17H2,1H3,(H,30,33). The minimum absolute atomic E-state index is 0.0706. The molecule has 0 aliphatic heterocycles. The third kappa shape index (κ3) is 8.18. The minimum Gasteiger partial charge on any atom is -0.352 e. The second kappa shape index (κ2) is 13.8. The van der Waals surface area contributed by atoms with Crippen molar-refractivity contribution in [1.29, 1.82) is 0 Å². The van der Waals surface area contributed by atoms with Crippen molar-refractivity contribution in [3.8, 4) is 0 Å². The van der Waals surface area contributed by atoms with Crippen LogP contribution in [0.15, 0.2) is 46.9 Å². The van der Waals surface area contributed by atoms with Crippen molar-refractivity contribution >= 4 is 62.7 Å². The zero-order chi connectivity index (χ0) is 24.5. The summed E-state index contributed by atoms with van der Waals surface area (Å²) in [6.45, 7) is 2.22. The van der Waals surface area contributed by atoms with Gasteiger partial charge in [-0.25, -0.2) is 0 Å². The summed E-state index contributed by atoms with van der Waals surface area (Å²) in [6, 6.07) is 13.0. The molecule has 0 heterocycles. The highest BCUT2D eigenvalue weighted by Crippen LogP contribution is 2.25. The lowest BCUT2D eigenvalue weighted by molar-refractivity contribution is -0.139. The van der Waals surface area contributed by atoms with Crippen LogP contribution in [0.5, 0.6) is 0 Å². The number of rotatable bonds is 10. The van der Waals surface area contributed by atoms with Crippen molar-refractivity contribution in [2.45, 2.75) is 69.8 Å². The average molecular weight is 586 g/mol. The molecule has 3 rings (SSSR count). The molecule has 0 radical (unpaired) electrons. The van der Waals surface area contributed by atoms with Crippen LogP contribution in [0.3, 0.4) is 0 Å². The van der Waals surface area contributed by atoms with Crippen LogP contribution >= 0.6 is 50.9 Å². The maximum atomic E-state index is 13.4. The Labute approximate surface area is 225 Å². The monoisotopic (exact) mass is 584 g/mol. The molecule has 34 heavy (non-hydrogen) atoms. The van der Waals surface area contributed by atoms with E-state index in [9.17, 15) is 9.59 Å². The second-order valence-corrected chi connectivity index (χ2v) is 11.4. The molecule has 0 bridgehead atoms. The highest BCUT2D eigenvalue weighted by molar-refractivity contribution is 9.10. The summed E-state index contributed by atoms with van der Waals surface area (Å²) >= 11 is 17.5. The fraction of sp³-hybridized carbons (Fsp3) is 0.462. The summed E-state index contributed by atoms with van der Waals surface area (Å²) < 4.78 is 1.03. The van der Waals surface area contributed by atoms with Gasteiger partial charge in [0.05, 0.1) is 5.75 Å². The molecule has 0 aromatic heterocycles. The molecule has 8 heteroatoms. The van der Waals surface area contributed by atoms with Crippen LogP contribution in [-0.2, 0) is 21.9 Å². The maximum absolute atomic E-state index is 13.4. The molecule has 1 saturated carbocycles. The average Bonchev–Trinajstić information content (AvgIpc) is 2.82. The van der Waals surface area contributed by atoms with Crippen LogP contribution in [0.1, 0.15) is 56.6 Å². The number of carbonyl (C=O) groups is 2. The van der Waals surface area contributed by atoms with E-state index in [0.717, 1.165) is 47.0 Å². The van der Waals surface area contributed by atoms with Gasteiger partial charge >= 0.3 is 0 Å². The molecule has 1 N–H and O–H groups in total. The highest BCUT2D eigenvalue weighted by atomic mass is 79.9. The molecule has 2 aromatic carbocycles. The van der Waals surface area contributed by atoms with Crippen LogP contribution < -0.4 is 5.32 Å². The van der Waals surface area contributed by atoms with Gasteiger partial charge in [-0.3, -0.25) is 9.59 Å². The van der Waals surface area contributed by atoms with E-state index in [2.05, 4.69) is 21.2 Å². The zero-order valence-electron chi connectivity index (χ0n) is 19.4. The molecule has 2 aromatic rings. The molecule has 1 aliphatic rings. The number of amides is 2. The van der Waals surface area contributed by atoms with Crippen molar-refractivity contribution in [1.82, 2.24) is 10.2 Å². The molecule has 1 atom stereocenters. The van der Waals surface area contributed by atoms with Crippen LogP contribution in [-0.4, -0.2) is 34.6 Å². The van der Waals surface area contributed by atoms with Gasteiger partial charge in [-0.1, -0.05) is 83.5 Å². The normalized spacial score (nSPS) is 15.1. The molecule has 4 nitrogen and oxygen atoms in total. The highest BCUT2D eigenvalue weighted by Gasteiger charge is 2.30. The third-order valence-corrected chi connectivity index (χ3v) is 8.20. The van der Waals surface area contributed by atoms with Crippen molar-refractivity contribution in [3.05, 3.63) is 68.1 Å².